The molecule has 1 aliphatic heterocycles. The number of carbonyl (C=O) groups excluding carboxylic acids is 2. The molecule has 4 nitrogen and oxygen atoms in total. The van der Waals surface area contributed by atoms with Gasteiger partial charge in [-0.05, 0) is 30.7 Å². The van der Waals surface area contributed by atoms with Crippen molar-refractivity contribution in [3.05, 3.63) is 35.9 Å². The largest absolute Gasteiger partial charge is 0.444 e. The first kappa shape index (κ1) is 14.1. The molecule has 0 radical (unpaired) electrons. The normalized spacial score (nSPS) is 26.1. The highest BCUT2D eigenvalue weighted by Gasteiger charge is 2.45. The number of hydrogen-bond donors (Lipinski definition) is 0. The molecule has 0 N–H and O–H groups in total. The van der Waals surface area contributed by atoms with Crippen LogP contribution in [0.25, 0.3) is 0 Å². The first-order valence-electron chi connectivity index (χ1n) is 7.74. The van der Waals surface area contributed by atoms with E-state index >= 15 is 0 Å². The standard InChI is InChI=1S/C17H21NO3/c1-12(13-7-3-2-4-8-13)11-16(19)18-14-9-5-6-10-15(14)21-17(18)20/h2-4,7-8,12,14-15H,5-6,9-11H2,1H3/t12-,14+,15+/m0/s1. The average Bonchev–Trinajstić information content (AvgIpc) is 2.83. The molecule has 2 amide bonds. The molecule has 3 rings (SSSR count). The van der Waals surface area contributed by atoms with Gasteiger partial charge in [-0.1, -0.05) is 43.7 Å². The van der Waals surface area contributed by atoms with Gasteiger partial charge in [-0.3, -0.25) is 4.79 Å². The SMILES string of the molecule is C[C@@H](CC(=O)N1C(=O)O[C@@H]2CCCC[C@H]21)c1ccccc1. The molecule has 0 bridgehead atoms. The van der Waals surface area contributed by atoms with Crippen LogP contribution in [0.4, 0.5) is 4.79 Å². The van der Waals surface area contributed by atoms with Crippen molar-refractivity contribution in [2.45, 2.75) is 57.1 Å². The highest BCUT2D eigenvalue weighted by atomic mass is 16.6. The van der Waals surface area contributed by atoms with E-state index in [-0.39, 0.29) is 24.0 Å². The molecule has 0 unspecified atom stereocenters. The van der Waals surface area contributed by atoms with Crippen LogP contribution in [-0.4, -0.2) is 29.0 Å². The summed E-state index contributed by atoms with van der Waals surface area (Å²) in [7, 11) is 0. The van der Waals surface area contributed by atoms with Crippen molar-refractivity contribution in [1.82, 2.24) is 4.90 Å². The third-order valence-corrected chi connectivity index (χ3v) is 4.57. The lowest BCUT2D eigenvalue weighted by Gasteiger charge is -2.27. The minimum Gasteiger partial charge on any atom is -0.444 e. The number of carbonyl (C=O) groups is 2. The average molecular weight is 287 g/mol. The van der Waals surface area contributed by atoms with Gasteiger partial charge < -0.3 is 4.74 Å². The number of amides is 2. The lowest BCUT2D eigenvalue weighted by Crippen LogP contribution is -2.42. The second-order valence-corrected chi connectivity index (χ2v) is 6.05. The van der Waals surface area contributed by atoms with E-state index in [1.54, 1.807) is 0 Å². The smallest absolute Gasteiger partial charge is 0.417 e. The fraction of sp³-hybridized carbons (Fsp3) is 0.529. The molecular formula is C17H21NO3. The van der Waals surface area contributed by atoms with E-state index in [1.165, 1.54) is 4.90 Å². The highest BCUT2D eigenvalue weighted by molar-refractivity contribution is 5.94. The molecule has 112 valence electrons. The fourth-order valence-corrected chi connectivity index (χ4v) is 3.38. The van der Waals surface area contributed by atoms with E-state index in [0.717, 1.165) is 31.2 Å². The van der Waals surface area contributed by atoms with Gasteiger partial charge in [-0.15, -0.1) is 0 Å². The number of imide groups is 1. The predicted octanol–water partition coefficient (Wildman–Crippen LogP) is 3.47. The summed E-state index contributed by atoms with van der Waals surface area (Å²) in [6.45, 7) is 2.02. The molecule has 1 aliphatic carbocycles. The Balaban J connectivity index is 1.68. The van der Waals surface area contributed by atoms with Crippen LogP contribution in [0.2, 0.25) is 0 Å². The lowest BCUT2D eigenvalue weighted by atomic mass is 9.91. The van der Waals surface area contributed by atoms with Gasteiger partial charge in [-0.25, -0.2) is 9.69 Å². The topological polar surface area (TPSA) is 46.6 Å². The van der Waals surface area contributed by atoms with Crippen LogP contribution in [0.15, 0.2) is 30.3 Å². The molecule has 0 spiro atoms. The van der Waals surface area contributed by atoms with Gasteiger partial charge >= 0.3 is 6.09 Å². The molecule has 1 heterocycles. The molecule has 2 fully saturated rings. The number of hydrogen-bond acceptors (Lipinski definition) is 3. The Morgan fingerprint density at radius 1 is 1.29 bits per heavy atom. The number of rotatable bonds is 3. The third-order valence-electron chi connectivity index (χ3n) is 4.57. The Morgan fingerprint density at radius 3 is 2.76 bits per heavy atom. The minimum absolute atomic E-state index is 0.0401. The number of fused-ring (bicyclic) bond motifs is 1. The Kier molecular flexibility index (Phi) is 3.95. The van der Waals surface area contributed by atoms with Crippen molar-refractivity contribution < 1.29 is 14.3 Å². The second-order valence-electron chi connectivity index (χ2n) is 6.05. The van der Waals surface area contributed by atoms with Gasteiger partial charge in [0.25, 0.3) is 0 Å². The molecule has 4 heteroatoms. The maximum Gasteiger partial charge on any atom is 0.417 e. The van der Waals surface area contributed by atoms with E-state index in [4.69, 9.17) is 4.74 Å². The van der Waals surface area contributed by atoms with Crippen molar-refractivity contribution in [2.75, 3.05) is 0 Å². The zero-order chi connectivity index (χ0) is 14.8. The zero-order valence-electron chi connectivity index (χ0n) is 12.3. The quantitative estimate of drug-likeness (QED) is 0.855. The fourth-order valence-electron chi connectivity index (χ4n) is 3.38. The van der Waals surface area contributed by atoms with Gasteiger partial charge in [0.2, 0.25) is 5.91 Å². The highest BCUT2D eigenvalue weighted by Crippen LogP contribution is 2.33. The monoisotopic (exact) mass is 287 g/mol. The summed E-state index contributed by atoms with van der Waals surface area (Å²) in [5, 5.41) is 0. The molecule has 1 saturated carbocycles. The van der Waals surface area contributed by atoms with Crippen molar-refractivity contribution in [1.29, 1.82) is 0 Å². The van der Waals surface area contributed by atoms with Crippen molar-refractivity contribution in [3.8, 4) is 0 Å². The summed E-state index contributed by atoms with van der Waals surface area (Å²) in [5.74, 6) is -0.0000985. The first-order chi connectivity index (χ1) is 10.2. The first-order valence-corrected chi connectivity index (χ1v) is 7.74. The van der Waals surface area contributed by atoms with Crippen LogP contribution < -0.4 is 0 Å². The maximum absolute atomic E-state index is 12.5. The van der Waals surface area contributed by atoms with Crippen LogP contribution in [-0.2, 0) is 9.53 Å². The van der Waals surface area contributed by atoms with Gasteiger partial charge in [0, 0.05) is 6.42 Å². The van der Waals surface area contributed by atoms with E-state index in [2.05, 4.69) is 0 Å². The molecule has 1 aromatic rings. The number of ether oxygens (including phenoxy) is 1. The third kappa shape index (κ3) is 2.80. The molecule has 2 aliphatic rings. The molecule has 1 aromatic carbocycles. The van der Waals surface area contributed by atoms with Crippen LogP contribution in [0.5, 0.6) is 0 Å². The summed E-state index contributed by atoms with van der Waals surface area (Å²) in [6, 6.07) is 9.90. The van der Waals surface area contributed by atoms with Gasteiger partial charge in [0.05, 0.1) is 6.04 Å². The van der Waals surface area contributed by atoms with E-state index < -0.39 is 6.09 Å². The van der Waals surface area contributed by atoms with Crippen LogP contribution >= 0.6 is 0 Å². The summed E-state index contributed by atoms with van der Waals surface area (Å²) >= 11 is 0. The van der Waals surface area contributed by atoms with Crippen molar-refractivity contribution >= 4 is 12.0 Å². The van der Waals surface area contributed by atoms with Crippen LogP contribution in [0, 0.1) is 0 Å². The van der Waals surface area contributed by atoms with E-state index in [0.29, 0.717) is 6.42 Å². The molecular weight excluding hydrogens is 266 g/mol. The Labute approximate surface area is 125 Å². The Hall–Kier alpha value is -1.84. The summed E-state index contributed by atoms with van der Waals surface area (Å²) in [5.41, 5.74) is 1.12. The van der Waals surface area contributed by atoms with Crippen molar-refractivity contribution in [2.24, 2.45) is 0 Å². The Morgan fingerprint density at radius 2 is 2.00 bits per heavy atom. The summed E-state index contributed by atoms with van der Waals surface area (Å²) in [6.07, 6.45) is 3.73. The van der Waals surface area contributed by atoms with Gasteiger partial charge in [-0.2, -0.15) is 0 Å². The summed E-state index contributed by atoms with van der Waals surface area (Å²) < 4.78 is 5.35. The molecule has 21 heavy (non-hydrogen) atoms. The van der Waals surface area contributed by atoms with Crippen LogP contribution in [0.3, 0.4) is 0 Å². The maximum atomic E-state index is 12.5. The lowest BCUT2D eigenvalue weighted by molar-refractivity contribution is -0.130. The number of benzene rings is 1. The van der Waals surface area contributed by atoms with E-state index in [1.807, 2.05) is 37.3 Å². The van der Waals surface area contributed by atoms with Gasteiger partial charge in [0.15, 0.2) is 0 Å². The molecule has 1 saturated heterocycles. The Bertz CT molecular complexity index is 528. The second kappa shape index (κ2) is 5.88. The zero-order valence-corrected chi connectivity index (χ0v) is 12.3. The van der Waals surface area contributed by atoms with E-state index in [9.17, 15) is 9.59 Å². The summed E-state index contributed by atoms with van der Waals surface area (Å²) in [4.78, 5) is 25.9. The van der Waals surface area contributed by atoms with Gasteiger partial charge in [0.1, 0.15) is 6.10 Å². The number of nitrogens with zero attached hydrogens (tertiary/aromatic N) is 1. The van der Waals surface area contributed by atoms with Crippen LogP contribution in [0.1, 0.15) is 50.5 Å². The molecule has 3 atom stereocenters. The minimum atomic E-state index is -0.447. The predicted molar refractivity (Wildman–Crippen MR) is 78.8 cm³/mol. The van der Waals surface area contributed by atoms with Crippen molar-refractivity contribution in [3.63, 3.8) is 0 Å². The molecule has 0 aromatic heterocycles.